The molecule has 8 nitrogen and oxygen atoms in total. The van der Waals surface area contributed by atoms with Crippen LogP contribution in [-0.2, 0) is 16.6 Å². The summed E-state index contributed by atoms with van der Waals surface area (Å²) in [5, 5.41) is 0. The standard InChI is InChI=1S/C23H24N2O6S/c1-28-19-7-5-16(14-21(19)29-2)23-18-4-3-9-24(18)10-11-25(23)32(26,27)17-6-8-20-22(15-17)31-13-12-30-20/h3-9,14-15,23H,10-13H2,1-2H3/t23-/m0/s1. The van der Waals surface area contributed by atoms with Crippen molar-refractivity contribution in [3.8, 4) is 23.0 Å². The molecule has 9 heteroatoms. The third-order valence-corrected chi connectivity index (χ3v) is 7.70. The van der Waals surface area contributed by atoms with Crippen LogP contribution in [0.4, 0.5) is 0 Å². The SMILES string of the molecule is COc1ccc([C@H]2c3cccn3CCN2S(=O)(=O)c2ccc3c(c2)OCCO3)cc1OC. The van der Waals surface area contributed by atoms with Crippen molar-refractivity contribution in [3.05, 3.63) is 66.0 Å². The molecule has 0 saturated carbocycles. The first-order valence-corrected chi connectivity index (χ1v) is 11.8. The Bertz CT molecular complexity index is 1250. The lowest BCUT2D eigenvalue weighted by molar-refractivity contribution is 0.171. The van der Waals surface area contributed by atoms with Gasteiger partial charge in [-0.05, 0) is 42.0 Å². The van der Waals surface area contributed by atoms with Crippen molar-refractivity contribution in [1.82, 2.24) is 8.87 Å². The van der Waals surface area contributed by atoms with Gasteiger partial charge >= 0.3 is 0 Å². The van der Waals surface area contributed by atoms with Gasteiger partial charge in [-0.25, -0.2) is 8.42 Å². The van der Waals surface area contributed by atoms with E-state index in [1.54, 1.807) is 38.5 Å². The van der Waals surface area contributed by atoms with Gasteiger partial charge in [-0.15, -0.1) is 0 Å². The quantitative estimate of drug-likeness (QED) is 0.587. The number of sulfonamides is 1. The highest BCUT2D eigenvalue weighted by Gasteiger charge is 2.38. The number of hydrogen-bond acceptors (Lipinski definition) is 6. The van der Waals surface area contributed by atoms with E-state index in [1.807, 2.05) is 30.5 Å². The monoisotopic (exact) mass is 456 g/mol. The van der Waals surface area contributed by atoms with Gasteiger partial charge in [0, 0.05) is 31.0 Å². The van der Waals surface area contributed by atoms with E-state index < -0.39 is 16.1 Å². The number of ether oxygens (including phenoxy) is 4. The van der Waals surface area contributed by atoms with Gasteiger partial charge in [-0.2, -0.15) is 4.31 Å². The summed E-state index contributed by atoms with van der Waals surface area (Å²) in [6, 6.07) is 13.6. The number of benzene rings is 2. The van der Waals surface area contributed by atoms with E-state index in [1.165, 1.54) is 4.31 Å². The second-order valence-corrected chi connectivity index (χ2v) is 9.46. The molecule has 0 amide bonds. The summed E-state index contributed by atoms with van der Waals surface area (Å²) in [6.45, 7) is 1.74. The summed E-state index contributed by atoms with van der Waals surface area (Å²) in [5.41, 5.74) is 1.69. The molecule has 2 aromatic carbocycles. The van der Waals surface area contributed by atoms with Gasteiger partial charge in [-0.3, -0.25) is 0 Å². The minimum atomic E-state index is -3.84. The number of methoxy groups -OCH3 is 2. The van der Waals surface area contributed by atoms with Gasteiger partial charge in [0.1, 0.15) is 13.2 Å². The highest BCUT2D eigenvalue weighted by molar-refractivity contribution is 7.89. The fourth-order valence-electron chi connectivity index (χ4n) is 4.30. The average molecular weight is 457 g/mol. The van der Waals surface area contributed by atoms with Gasteiger partial charge in [-0.1, -0.05) is 6.07 Å². The number of fused-ring (bicyclic) bond motifs is 2. The molecule has 0 radical (unpaired) electrons. The van der Waals surface area contributed by atoms with E-state index in [9.17, 15) is 8.42 Å². The predicted molar refractivity (Wildman–Crippen MR) is 117 cm³/mol. The van der Waals surface area contributed by atoms with E-state index in [0.29, 0.717) is 49.3 Å². The Morgan fingerprint density at radius 2 is 1.69 bits per heavy atom. The first-order valence-electron chi connectivity index (χ1n) is 10.3. The first kappa shape index (κ1) is 20.7. The molecular formula is C23H24N2O6S. The summed E-state index contributed by atoms with van der Waals surface area (Å²) in [7, 11) is -0.701. The summed E-state index contributed by atoms with van der Waals surface area (Å²) in [4.78, 5) is 0.173. The lowest BCUT2D eigenvalue weighted by atomic mass is 10.0. The lowest BCUT2D eigenvalue weighted by Gasteiger charge is -2.36. The van der Waals surface area contributed by atoms with Crippen LogP contribution in [-0.4, -0.2) is 51.3 Å². The molecule has 0 unspecified atom stereocenters. The molecule has 0 N–H and O–H groups in total. The van der Waals surface area contributed by atoms with Crippen LogP contribution in [0.15, 0.2) is 59.6 Å². The molecule has 3 heterocycles. The second kappa shape index (κ2) is 8.07. The summed E-state index contributed by atoms with van der Waals surface area (Å²) in [5.74, 6) is 2.13. The van der Waals surface area contributed by atoms with Gasteiger partial charge in [0.15, 0.2) is 23.0 Å². The van der Waals surface area contributed by atoms with Gasteiger partial charge in [0.2, 0.25) is 10.0 Å². The van der Waals surface area contributed by atoms with Crippen molar-refractivity contribution in [2.45, 2.75) is 17.5 Å². The minimum Gasteiger partial charge on any atom is -0.493 e. The summed E-state index contributed by atoms with van der Waals surface area (Å²) < 4.78 is 53.3. The average Bonchev–Trinajstić information content (AvgIpc) is 3.31. The zero-order chi connectivity index (χ0) is 22.3. The van der Waals surface area contributed by atoms with E-state index >= 15 is 0 Å². The van der Waals surface area contributed by atoms with Crippen molar-refractivity contribution >= 4 is 10.0 Å². The zero-order valence-electron chi connectivity index (χ0n) is 17.9. The summed E-state index contributed by atoms with van der Waals surface area (Å²) >= 11 is 0. The van der Waals surface area contributed by atoms with Crippen LogP contribution in [0.1, 0.15) is 17.3 Å². The molecule has 2 aliphatic rings. The Labute approximate surface area is 186 Å². The molecule has 1 aromatic heterocycles. The molecule has 0 bridgehead atoms. The highest BCUT2D eigenvalue weighted by atomic mass is 32.2. The third-order valence-electron chi connectivity index (χ3n) is 5.84. The molecule has 0 fully saturated rings. The molecule has 2 aliphatic heterocycles. The fourth-order valence-corrected chi connectivity index (χ4v) is 5.90. The van der Waals surface area contributed by atoms with Crippen LogP contribution in [0.3, 0.4) is 0 Å². The summed E-state index contributed by atoms with van der Waals surface area (Å²) in [6.07, 6.45) is 1.97. The fraction of sp³-hybridized carbons (Fsp3) is 0.304. The van der Waals surface area contributed by atoms with Crippen molar-refractivity contribution < 1.29 is 27.4 Å². The second-order valence-electron chi connectivity index (χ2n) is 7.56. The molecule has 168 valence electrons. The van der Waals surface area contributed by atoms with Gasteiger partial charge < -0.3 is 23.5 Å². The predicted octanol–water partition coefficient (Wildman–Crippen LogP) is 3.07. The maximum absolute atomic E-state index is 13.8. The Hall–Kier alpha value is -3.17. The Morgan fingerprint density at radius 1 is 0.906 bits per heavy atom. The molecule has 0 spiro atoms. The van der Waals surface area contributed by atoms with E-state index in [4.69, 9.17) is 18.9 Å². The molecular weight excluding hydrogens is 432 g/mol. The number of rotatable bonds is 5. The van der Waals surface area contributed by atoms with Crippen LogP contribution in [0, 0.1) is 0 Å². The van der Waals surface area contributed by atoms with E-state index in [2.05, 4.69) is 4.57 Å². The minimum absolute atomic E-state index is 0.173. The van der Waals surface area contributed by atoms with E-state index in [-0.39, 0.29) is 4.90 Å². The number of aromatic nitrogens is 1. The van der Waals surface area contributed by atoms with E-state index in [0.717, 1.165) is 11.3 Å². The Balaban J connectivity index is 1.61. The Morgan fingerprint density at radius 3 is 2.47 bits per heavy atom. The molecule has 32 heavy (non-hydrogen) atoms. The van der Waals surface area contributed by atoms with Crippen molar-refractivity contribution in [2.75, 3.05) is 34.0 Å². The maximum Gasteiger partial charge on any atom is 0.244 e. The van der Waals surface area contributed by atoms with Crippen LogP contribution in [0.25, 0.3) is 0 Å². The van der Waals surface area contributed by atoms with Crippen LogP contribution in [0.2, 0.25) is 0 Å². The maximum atomic E-state index is 13.8. The molecule has 3 aromatic rings. The normalized spacial score (nSPS) is 18.1. The Kier molecular flexibility index (Phi) is 5.22. The van der Waals surface area contributed by atoms with Crippen molar-refractivity contribution in [2.24, 2.45) is 0 Å². The molecule has 1 atom stereocenters. The number of hydrogen-bond donors (Lipinski definition) is 0. The lowest BCUT2D eigenvalue weighted by Crippen LogP contribution is -2.42. The molecule has 0 saturated heterocycles. The first-order chi connectivity index (χ1) is 15.5. The largest absolute Gasteiger partial charge is 0.493 e. The van der Waals surface area contributed by atoms with Crippen LogP contribution >= 0.6 is 0 Å². The molecule has 0 aliphatic carbocycles. The number of nitrogens with zero attached hydrogens (tertiary/aromatic N) is 2. The van der Waals surface area contributed by atoms with Crippen LogP contribution in [0.5, 0.6) is 23.0 Å². The van der Waals surface area contributed by atoms with Crippen LogP contribution < -0.4 is 18.9 Å². The smallest absolute Gasteiger partial charge is 0.244 e. The van der Waals surface area contributed by atoms with Crippen molar-refractivity contribution in [1.29, 1.82) is 0 Å². The topological polar surface area (TPSA) is 79.2 Å². The zero-order valence-corrected chi connectivity index (χ0v) is 18.7. The van der Waals surface area contributed by atoms with Gasteiger partial charge in [0.05, 0.1) is 25.2 Å². The highest BCUT2D eigenvalue weighted by Crippen LogP contribution is 2.41. The third kappa shape index (κ3) is 3.37. The van der Waals surface area contributed by atoms with Crippen molar-refractivity contribution in [3.63, 3.8) is 0 Å². The molecule has 5 rings (SSSR count). The van der Waals surface area contributed by atoms with Gasteiger partial charge in [0.25, 0.3) is 0 Å².